The smallest absolute Gasteiger partial charge is 0.337 e. The van der Waals surface area contributed by atoms with E-state index in [4.69, 9.17) is 9.15 Å². The molecule has 0 saturated carbocycles. The van der Waals surface area contributed by atoms with Crippen molar-refractivity contribution in [1.29, 1.82) is 0 Å². The van der Waals surface area contributed by atoms with Gasteiger partial charge >= 0.3 is 5.97 Å². The molecule has 1 aromatic heterocycles. The number of hydrogen-bond donors (Lipinski definition) is 1. The quantitative estimate of drug-likeness (QED) is 0.853. The number of benzene rings is 1. The highest BCUT2D eigenvalue weighted by Crippen LogP contribution is 2.23. The number of hydrogen-bond acceptors (Lipinski definition) is 4. The van der Waals surface area contributed by atoms with Crippen molar-refractivity contribution in [2.45, 2.75) is 19.9 Å². The Kier molecular flexibility index (Phi) is 3.90. The van der Waals surface area contributed by atoms with Gasteiger partial charge < -0.3 is 14.5 Å². The summed E-state index contributed by atoms with van der Waals surface area (Å²) in [5.74, 6) is -0.334. The molecule has 0 aliphatic heterocycles. The van der Waals surface area contributed by atoms with Gasteiger partial charge in [0, 0.05) is 11.3 Å². The van der Waals surface area contributed by atoms with Crippen LogP contribution in [0.25, 0.3) is 0 Å². The normalized spacial score (nSPS) is 11.9. The summed E-state index contributed by atoms with van der Waals surface area (Å²) in [7, 11) is 1.38. The summed E-state index contributed by atoms with van der Waals surface area (Å²) in [5, 5.41) is 3.36. The predicted molar refractivity (Wildman–Crippen MR) is 73.3 cm³/mol. The van der Waals surface area contributed by atoms with Crippen molar-refractivity contribution in [1.82, 2.24) is 0 Å². The van der Waals surface area contributed by atoms with Crippen LogP contribution in [0.3, 0.4) is 0 Å². The minimum atomic E-state index is -0.334. The average Bonchev–Trinajstić information content (AvgIpc) is 2.94. The molecule has 1 unspecified atom stereocenters. The number of carbonyl (C=O) groups excluding carboxylic acids is 1. The Morgan fingerprint density at radius 3 is 2.79 bits per heavy atom. The standard InChI is InChI=1S/C15H17NO3/c1-10-4-5-12(15(17)18-3)8-14(10)16-11(2)13-6-7-19-9-13/h4-9,11,16H,1-3H3. The molecule has 0 bridgehead atoms. The molecule has 1 N–H and O–H groups in total. The average molecular weight is 259 g/mol. The molecule has 2 rings (SSSR count). The Balaban J connectivity index is 2.22. The summed E-state index contributed by atoms with van der Waals surface area (Å²) in [6, 6.07) is 7.48. The van der Waals surface area contributed by atoms with Crippen LogP contribution in [0.1, 0.15) is 34.5 Å². The highest BCUT2D eigenvalue weighted by Gasteiger charge is 2.11. The van der Waals surface area contributed by atoms with Crippen molar-refractivity contribution in [2.24, 2.45) is 0 Å². The fraction of sp³-hybridized carbons (Fsp3) is 0.267. The molecule has 1 atom stereocenters. The molecule has 0 spiro atoms. The molecule has 1 heterocycles. The number of methoxy groups -OCH3 is 1. The van der Waals surface area contributed by atoms with E-state index < -0.39 is 0 Å². The monoisotopic (exact) mass is 259 g/mol. The summed E-state index contributed by atoms with van der Waals surface area (Å²) in [6.45, 7) is 4.03. The Hall–Kier alpha value is -2.23. The molecular formula is C15H17NO3. The Morgan fingerprint density at radius 1 is 1.37 bits per heavy atom. The van der Waals surface area contributed by atoms with E-state index in [-0.39, 0.29) is 12.0 Å². The second kappa shape index (κ2) is 5.61. The molecule has 1 aromatic carbocycles. The Bertz CT molecular complexity index is 561. The lowest BCUT2D eigenvalue weighted by Gasteiger charge is -2.16. The highest BCUT2D eigenvalue weighted by molar-refractivity contribution is 5.90. The van der Waals surface area contributed by atoms with Crippen LogP contribution in [-0.2, 0) is 4.74 Å². The maximum absolute atomic E-state index is 11.5. The SMILES string of the molecule is COC(=O)c1ccc(C)c(NC(C)c2ccoc2)c1. The largest absolute Gasteiger partial charge is 0.472 e. The van der Waals surface area contributed by atoms with Crippen LogP contribution in [0, 0.1) is 6.92 Å². The van der Waals surface area contributed by atoms with Gasteiger partial charge in [0.15, 0.2) is 0 Å². The van der Waals surface area contributed by atoms with Crippen LogP contribution in [0.15, 0.2) is 41.2 Å². The number of aryl methyl sites for hydroxylation is 1. The topological polar surface area (TPSA) is 51.5 Å². The summed E-state index contributed by atoms with van der Waals surface area (Å²) in [4.78, 5) is 11.5. The maximum Gasteiger partial charge on any atom is 0.337 e. The molecule has 0 amide bonds. The third-order valence-corrected chi connectivity index (χ3v) is 3.07. The van der Waals surface area contributed by atoms with E-state index in [9.17, 15) is 4.79 Å². The number of furan rings is 1. The first-order valence-electron chi connectivity index (χ1n) is 6.09. The number of nitrogens with one attached hydrogen (secondary N) is 1. The first-order chi connectivity index (χ1) is 9.11. The van der Waals surface area contributed by atoms with Crippen molar-refractivity contribution < 1.29 is 13.9 Å². The number of ether oxygens (including phenoxy) is 1. The number of carbonyl (C=O) groups is 1. The molecule has 0 fully saturated rings. The second-order valence-corrected chi connectivity index (χ2v) is 4.44. The molecule has 2 aromatic rings. The lowest BCUT2D eigenvalue weighted by molar-refractivity contribution is 0.0601. The van der Waals surface area contributed by atoms with Gasteiger partial charge in [-0.25, -0.2) is 4.79 Å². The summed E-state index contributed by atoms with van der Waals surface area (Å²) >= 11 is 0. The number of rotatable bonds is 4. The van der Waals surface area contributed by atoms with E-state index in [1.807, 2.05) is 26.0 Å². The van der Waals surface area contributed by atoms with Crippen LogP contribution in [0.5, 0.6) is 0 Å². The van der Waals surface area contributed by atoms with Crippen molar-refractivity contribution in [3.8, 4) is 0 Å². The van der Waals surface area contributed by atoms with Gasteiger partial charge in [-0.15, -0.1) is 0 Å². The lowest BCUT2D eigenvalue weighted by atomic mass is 10.1. The van der Waals surface area contributed by atoms with Gasteiger partial charge in [0.1, 0.15) is 0 Å². The lowest BCUT2D eigenvalue weighted by Crippen LogP contribution is -2.08. The molecule has 4 heteroatoms. The fourth-order valence-corrected chi connectivity index (χ4v) is 1.86. The van der Waals surface area contributed by atoms with Gasteiger partial charge in [-0.2, -0.15) is 0 Å². The van der Waals surface area contributed by atoms with Crippen molar-refractivity contribution in [3.63, 3.8) is 0 Å². The Labute approximate surface area is 112 Å². The fourth-order valence-electron chi connectivity index (χ4n) is 1.86. The van der Waals surface area contributed by atoms with Crippen LogP contribution < -0.4 is 5.32 Å². The van der Waals surface area contributed by atoms with Gasteiger partial charge in [-0.1, -0.05) is 6.07 Å². The van der Waals surface area contributed by atoms with Crippen molar-refractivity contribution in [3.05, 3.63) is 53.5 Å². The molecular weight excluding hydrogens is 242 g/mol. The molecule has 0 aliphatic carbocycles. The van der Waals surface area contributed by atoms with Gasteiger partial charge in [0.05, 0.1) is 31.2 Å². The van der Waals surface area contributed by atoms with E-state index in [0.717, 1.165) is 16.8 Å². The minimum absolute atomic E-state index is 0.102. The molecule has 0 saturated heterocycles. The summed E-state index contributed by atoms with van der Waals surface area (Å²) in [5.41, 5.74) is 3.58. The van der Waals surface area contributed by atoms with Gasteiger partial charge in [-0.05, 0) is 37.6 Å². The maximum atomic E-state index is 11.5. The Morgan fingerprint density at radius 2 is 2.16 bits per heavy atom. The first-order valence-corrected chi connectivity index (χ1v) is 6.09. The van der Waals surface area contributed by atoms with Crippen molar-refractivity contribution >= 4 is 11.7 Å². The van der Waals surface area contributed by atoms with Crippen LogP contribution >= 0.6 is 0 Å². The molecule has 0 radical (unpaired) electrons. The number of esters is 1. The zero-order valence-electron chi connectivity index (χ0n) is 11.3. The zero-order valence-corrected chi connectivity index (χ0v) is 11.3. The van der Waals surface area contributed by atoms with E-state index in [0.29, 0.717) is 5.56 Å². The van der Waals surface area contributed by atoms with Crippen LogP contribution in [0.2, 0.25) is 0 Å². The molecule has 100 valence electrons. The molecule has 0 aliphatic rings. The highest BCUT2D eigenvalue weighted by atomic mass is 16.5. The van der Waals surface area contributed by atoms with Crippen LogP contribution in [-0.4, -0.2) is 13.1 Å². The van der Waals surface area contributed by atoms with Gasteiger partial charge in [-0.3, -0.25) is 0 Å². The molecule has 4 nitrogen and oxygen atoms in total. The third kappa shape index (κ3) is 2.96. The van der Waals surface area contributed by atoms with Gasteiger partial charge in [0.2, 0.25) is 0 Å². The van der Waals surface area contributed by atoms with E-state index in [1.165, 1.54) is 7.11 Å². The second-order valence-electron chi connectivity index (χ2n) is 4.44. The van der Waals surface area contributed by atoms with E-state index in [1.54, 1.807) is 24.7 Å². The first kappa shape index (κ1) is 13.2. The van der Waals surface area contributed by atoms with Crippen molar-refractivity contribution in [2.75, 3.05) is 12.4 Å². The summed E-state index contributed by atoms with van der Waals surface area (Å²) < 4.78 is 9.80. The van der Waals surface area contributed by atoms with Gasteiger partial charge in [0.25, 0.3) is 0 Å². The zero-order chi connectivity index (χ0) is 13.8. The minimum Gasteiger partial charge on any atom is -0.472 e. The molecule has 19 heavy (non-hydrogen) atoms. The third-order valence-electron chi connectivity index (χ3n) is 3.07. The van der Waals surface area contributed by atoms with Crippen LogP contribution in [0.4, 0.5) is 5.69 Å². The predicted octanol–water partition coefficient (Wildman–Crippen LogP) is 3.55. The van der Waals surface area contributed by atoms with E-state index >= 15 is 0 Å². The van der Waals surface area contributed by atoms with E-state index in [2.05, 4.69) is 5.32 Å². The summed E-state index contributed by atoms with van der Waals surface area (Å²) in [6.07, 6.45) is 3.35. The number of anilines is 1.